The zero-order chi connectivity index (χ0) is 15.1. The number of carbonyl (C=O) groups is 1. The third-order valence-electron chi connectivity index (χ3n) is 4.61. The maximum atomic E-state index is 12.6. The van der Waals surface area contributed by atoms with E-state index in [2.05, 4.69) is 36.4 Å². The van der Waals surface area contributed by atoms with E-state index in [9.17, 15) is 4.79 Å². The number of amides is 1. The van der Waals surface area contributed by atoms with E-state index in [1.165, 1.54) is 21.9 Å². The van der Waals surface area contributed by atoms with Crippen molar-refractivity contribution in [1.82, 2.24) is 0 Å². The van der Waals surface area contributed by atoms with E-state index in [0.717, 1.165) is 5.69 Å². The molecule has 0 spiro atoms. The first kappa shape index (κ1) is 13.1. The second-order valence-electron chi connectivity index (χ2n) is 5.84. The van der Waals surface area contributed by atoms with Crippen LogP contribution in [0.4, 0.5) is 5.69 Å². The van der Waals surface area contributed by atoms with Crippen LogP contribution in [0, 0.1) is 0 Å². The number of anilines is 1. The van der Waals surface area contributed by atoms with Crippen molar-refractivity contribution < 1.29 is 4.79 Å². The summed E-state index contributed by atoms with van der Waals surface area (Å²) in [6.07, 6.45) is 0.508. The van der Waals surface area contributed by atoms with E-state index >= 15 is 0 Å². The monoisotopic (exact) mass is 287 g/mol. The minimum atomic E-state index is 0.114. The standard InChI is InChI=1S/C20H17NO/c1-21-18-12-6-10-15-9-5-11-16(20(15)18)17(13-19(21)22)14-7-3-2-4-8-14/h2-12,17H,13H2,1H3. The van der Waals surface area contributed by atoms with Crippen molar-refractivity contribution in [2.24, 2.45) is 0 Å². The van der Waals surface area contributed by atoms with Crippen LogP contribution in [0.15, 0.2) is 66.7 Å². The molecule has 3 aromatic rings. The van der Waals surface area contributed by atoms with Crippen LogP contribution in [0.2, 0.25) is 0 Å². The van der Waals surface area contributed by atoms with Gasteiger partial charge in [-0.1, -0.05) is 60.7 Å². The van der Waals surface area contributed by atoms with Gasteiger partial charge in [0, 0.05) is 24.8 Å². The molecule has 4 rings (SSSR count). The summed E-state index contributed by atoms with van der Waals surface area (Å²) in [5.41, 5.74) is 3.46. The van der Waals surface area contributed by atoms with Crippen molar-refractivity contribution in [3.8, 4) is 0 Å². The average Bonchev–Trinajstić information content (AvgIpc) is 2.68. The molecule has 1 aliphatic heterocycles. The van der Waals surface area contributed by atoms with Gasteiger partial charge in [-0.25, -0.2) is 0 Å². The Kier molecular flexibility index (Phi) is 2.97. The molecular weight excluding hydrogens is 270 g/mol. The highest BCUT2D eigenvalue weighted by Crippen LogP contribution is 2.40. The van der Waals surface area contributed by atoms with Crippen molar-refractivity contribution in [3.63, 3.8) is 0 Å². The highest BCUT2D eigenvalue weighted by Gasteiger charge is 2.28. The van der Waals surface area contributed by atoms with Crippen LogP contribution in [0.3, 0.4) is 0 Å². The number of rotatable bonds is 1. The molecule has 108 valence electrons. The molecule has 0 fully saturated rings. The van der Waals surface area contributed by atoms with Gasteiger partial charge in [0.25, 0.3) is 0 Å². The van der Waals surface area contributed by atoms with Gasteiger partial charge in [-0.2, -0.15) is 0 Å². The molecule has 1 aliphatic rings. The summed E-state index contributed by atoms with van der Waals surface area (Å²) in [7, 11) is 1.88. The number of benzene rings is 3. The highest BCUT2D eigenvalue weighted by molar-refractivity contribution is 6.07. The molecule has 2 heteroatoms. The van der Waals surface area contributed by atoms with Crippen LogP contribution < -0.4 is 4.90 Å². The zero-order valence-electron chi connectivity index (χ0n) is 12.5. The Hall–Kier alpha value is -2.61. The molecule has 0 saturated heterocycles. The van der Waals surface area contributed by atoms with Crippen LogP contribution >= 0.6 is 0 Å². The predicted molar refractivity (Wildman–Crippen MR) is 90.3 cm³/mol. The molecule has 1 atom stereocenters. The van der Waals surface area contributed by atoms with Gasteiger partial charge in [0.05, 0.1) is 5.69 Å². The lowest BCUT2D eigenvalue weighted by molar-refractivity contribution is -0.118. The molecular formula is C20H17NO. The van der Waals surface area contributed by atoms with E-state index in [1.807, 2.05) is 37.4 Å². The lowest BCUT2D eigenvalue weighted by Gasteiger charge is -2.17. The summed E-state index contributed by atoms with van der Waals surface area (Å²) in [6, 6.07) is 22.9. The maximum Gasteiger partial charge on any atom is 0.227 e. The predicted octanol–water partition coefficient (Wildman–Crippen LogP) is 4.34. The third kappa shape index (κ3) is 1.92. The van der Waals surface area contributed by atoms with Crippen LogP contribution in [-0.2, 0) is 4.79 Å². The van der Waals surface area contributed by atoms with Gasteiger partial charge in [0.2, 0.25) is 5.91 Å². The van der Waals surface area contributed by atoms with Crippen LogP contribution in [0.1, 0.15) is 23.5 Å². The molecule has 0 radical (unpaired) electrons. The SMILES string of the molecule is CN1C(=O)CC(c2ccccc2)c2cccc3cccc1c23. The first-order valence-corrected chi connectivity index (χ1v) is 7.59. The molecule has 1 unspecified atom stereocenters. The Morgan fingerprint density at radius 3 is 2.41 bits per heavy atom. The largest absolute Gasteiger partial charge is 0.315 e. The Morgan fingerprint density at radius 2 is 1.64 bits per heavy atom. The smallest absolute Gasteiger partial charge is 0.227 e. The minimum Gasteiger partial charge on any atom is -0.315 e. The number of hydrogen-bond donors (Lipinski definition) is 0. The quantitative estimate of drug-likeness (QED) is 0.652. The van der Waals surface area contributed by atoms with Crippen LogP contribution in [0.5, 0.6) is 0 Å². The summed E-state index contributed by atoms with van der Waals surface area (Å²) in [4.78, 5) is 14.4. The molecule has 0 aliphatic carbocycles. The van der Waals surface area contributed by atoms with Crippen molar-refractivity contribution in [3.05, 3.63) is 77.9 Å². The van der Waals surface area contributed by atoms with Gasteiger partial charge in [-0.3, -0.25) is 4.79 Å². The highest BCUT2D eigenvalue weighted by atomic mass is 16.2. The van der Waals surface area contributed by atoms with Crippen molar-refractivity contribution >= 4 is 22.4 Å². The second kappa shape index (κ2) is 4.99. The molecule has 0 bridgehead atoms. The van der Waals surface area contributed by atoms with Crippen molar-refractivity contribution in [2.45, 2.75) is 12.3 Å². The molecule has 1 amide bonds. The van der Waals surface area contributed by atoms with E-state index < -0.39 is 0 Å². The minimum absolute atomic E-state index is 0.114. The van der Waals surface area contributed by atoms with E-state index in [1.54, 1.807) is 4.90 Å². The normalized spacial score (nSPS) is 17.6. The Balaban J connectivity index is 2.04. The molecule has 3 aromatic carbocycles. The molecule has 0 aromatic heterocycles. The average molecular weight is 287 g/mol. The fourth-order valence-electron chi connectivity index (χ4n) is 3.46. The fourth-order valence-corrected chi connectivity index (χ4v) is 3.46. The summed E-state index contributed by atoms with van der Waals surface area (Å²) in [6.45, 7) is 0. The van der Waals surface area contributed by atoms with Crippen molar-refractivity contribution in [1.29, 1.82) is 0 Å². The van der Waals surface area contributed by atoms with Crippen LogP contribution in [-0.4, -0.2) is 13.0 Å². The summed E-state index contributed by atoms with van der Waals surface area (Å²) < 4.78 is 0. The lowest BCUT2D eigenvalue weighted by atomic mass is 9.86. The van der Waals surface area contributed by atoms with E-state index in [-0.39, 0.29) is 11.8 Å². The van der Waals surface area contributed by atoms with E-state index in [4.69, 9.17) is 0 Å². The third-order valence-corrected chi connectivity index (χ3v) is 4.61. The number of carbonyl (C=O) groups excluding carboxylic acids is 1. The molecule has 1 heterocycles. The molecule has 0 N–H and O–H groups in total. The fraction of sp³-hybridized carbons (Fsp3) is 0.150. The first-order chi connectivity index (χ1) is 10.8. The van der Waals surface area contributed by atoms with Gasteiger partial charge in [-0.15, -0.1) is 0 Å². The maximum absolute atomic E-state index is 12.6. The topological polar surface area (TPSA) is 20.3 Å². The van der Waals surface area contributed by atoms with Gasteiger partial charge in [0.1, 0.15) is 0 Å². The van der Waals surface area contributed by atoms with Crippen molar-refractivity contribution in [2.75, 3.05) is 11.9 Å². The Morgan fingerprint density at radius 1 is 0.909 bits per heavy atom. The number of hydrogen-bond acceptors (Lipinski definition) is 1. The van der Waals surface area contributed by atoms with E-state index in [0.29, 0.717) is 6.42 Å². The summed E-state index contributed by atoms with van der Waals surface area (Å²) >= 11 is 0. The Bertz CT molecular complexity index is 849. The van der Waals surface area contributed by atoms with Crippen LogP contribution in [0.25, 0.3) is 10.8 Å². The number of nitrogens with zero attached hydrogens (tertiary/aromatic N) is 1. The van der Waals surface area contributed by atoms with Gasteiger partial charge >= 0.3 is 0 Å². The Labute approximate surface area is 130 Å². The summed E-state index contributed by atoms with van der Waals surface area (Å²) in [5, 5.41) is 2.39. The van der Waals surface area contributed by atoms with Gasteiger partial charge in [0.15, 0.2) is 0 Å². The molecule has 0 saturated carbocycles. The van der Waals surface area contributed by atoms with Gasteiger partial charge < -0.3 is 4.90 Å². The second-order valence-corrected chi connectivity index (χ2v) is 5.84. The lowest BCUT2D eigenvalue weighted by Crippen LogP contribution is -2.26. The van der Waals surface area contributed by atoms with Gasteiger partial charge in [-0.05, 0) is 22.6 Å². The zero-order valence-corrected chi connectivity index (χ0v) is 12.5. The molecule has 2 nitrogen and oxygen atoms in total. The first-order valence-electron chi connectivity index (χ1n) is 7.59. The summed E-state index contributed by atoms with van der Waals surface area (Å²) in [5.74, 6) is 0.279. The molecule has 22 heavy (non-hydrogen) atoms.